The van der Waals surface area contributed by atoms with Crippen LogP contribution in [0, 0.1) is 0 Å². The highest BCUT2D eigenvalue weighted by molar-refractivity contribution is 6.11. The molecule has 0 aliphatic carbocycles. The molecule has 4 rings (SSSR count). The summed E-state index contributed by atoms with van der Waals surface area (Å²) in [7, 11) is 5.58. The molecule has 9 nitrogen and oxygen atoms in total. The van der Waals surface area contributed by atoms with E-state index in [0.29, 0.717) is 55.3 Å². The van der Waals surface area contributed by atoms with Crippen LogP contribution in [0.15, 0.2) is 42.5 Å². The van der Waals surface area contributed by atoms with Gasteiger partial charge in [-0.3, -0.25) is 9.59 Å². The zero-order valence-electron chi connectivity index (χ0n) is 24.6. The second-order valence-corrected chi connectivity index (χ2v) is 11.5. The minimum Gasteiger partial charge on any atom is -0.506 e. The van der Waals surface area contributed by atoms with Gasteiger partial charge in [-0.05, 0) is 49.8 Å². The van der Waals surface area contributed by atoms with Gasteiger partial charge in [0.1, 0.15) is 34.2 Å². The number of benzene rings is 2. The number of amides is 1. The van der Waals surface area contributed by atoms with Crippen molar-refractivity contribution in [2.45, 2.75) is 25.9 Å². The first-order valence-electron chi connectivity index (χ1n) is 13.9. The summed E-state index contributed by atoms with van der Waals surface area (Å²) in [5.41, 5.74) is 0.828. The van der Waals surface area contributed by atoms with Gasteiger partial charge < -0.3 is 33.4 Å². The smallest absolute Gasteiger partial charge is 0.277 e. The van der Waals surface area contributed by atoms with E-state index in [2.05, 4.69) is 14.1 Å². The number of fused-ring (bicyclic) bond motifs is 1. The normalized spacial score (nSPS) is 16.3. The summed E-state index contributed by atoms with van der Waals surface area (Å²) >= 11 is 0. The van der Waals surface area contributed by atoms with Crippen LogP contribution in [0.5, 0.6) is 23.0 Å². The van der Waals surface area contributed by atoms with Crippen molar-refractivity contribution >= 4 is 23.8 Å². The second-order valence-electron chi connectivity index (χ2n) is 11.5. The topological polar surface area (TPSA) is 94.5 Å². The maximum Gasteiger partial charge on any atom is 0.277 e. The van der Waals surface area contributed by atoms with Gasteiger partial charge in [0, 0.05) is 25.6 Å². The predicted molar refractivity (Wildman–Crippen MR) is 158 cm³/mol. The number of hydrogen-bond acceptors (Lipinski definition) is 7. The Morgan fingerprint density at radius 3 is 2.54 bits per heavy atom. The van der Waals surface area contributed by atoms with Crippen molar-refractivity contribution in [1.29, 1.82) is 0 Å². The Bertz CT molecular complexity index is 1310. The molecule has 0 atom stereocenters. The third-order valence-corrected chi connectivity index (χ3v) is 7.17. The number of phenolic OH excluding ortho intramolecular Hbond substituents is 1. The lowest BCUT2D eigenvalue weighted by Gasteiger charge is -2.33. The van der Waals surface area contributed by atoms with Gasteiger partial charge in [-0.2, -0.15) is 0 Å². The molecule has 41 heavy (non-hydrogen) atoms. The Hall–Kier alpha value is -3.82. The maximum absolute atomic E-state index is 13.1. The van der Waals surface area contributed by atoms with E-state index in [4.69, 9.17) is 18.9 Å². The zero-order valence-corrected chi connectivity index (χ0v) is 24.6. The van der Waals surface area contributed by atoms with Crippen LogP contribution < -0.4 is 14.2 Å². The molecule has 2 aliphatic rings. The van der Waals surface area contributed by atoms with Crippen LogP contribution in [-0.2, 0) is 9.53 Å². The molecular formula is C32H41N2O7+. The fourth-order valence-corrected chi connectivity index (χ4v) is 4.85. The van der Waals surface area contributed by atoms with E-state index in [1.165, 1.54) is 13.2 Å². The van der Waals surface area contributed by atoms with Crippen molar-refractivity contribution in [3.05, 3.63) is 59.2 Å². The zero-order chi connectivity index (χ0) is 29.6. The van der Waals surface area contributed by atoms with E-state index in [-0.39, 0.29) is 28.8 Å². The maximum atomic E-state index is 13.1. The fourth-order valence-electron chi connectivity index (χ4n) is 4.85. The van der Waals surface area contributed by atoms with Gasteiger partial charge in [0.2, 0.25) is 0 Å². The molecule has 2 aliphatic heterocycles. The highest BCUT2D eigenvalue weighted by Gasteiger charge is 2.29. The van der Waals surface area contributed by atoms with Crippen molar-refractivity contribution in [2.75, 3.05) is 67.2 Å². The molecule has 0 unspecified atom stereocenters. The standard InChI is InChI=1S/C32H40N2O7/c1-32(2)14-13-25-27(41-32)21-28(38-5)30(31(25)37)26(35)12-9-23-7-10-24(11-8-23)40-18-6-17-34(3,4)22-29(36)33-15-19-39-20-16-33/h7-14,21H,6,15-20,22H2,1-5H3/p+1/b12-9+. The summed E-state index contributed by atoms with van der Waals surface area (Å²) in [6.45, 7) is 8.17. The quantitative estimate of drug-likeness (QED) is 0.189. The Balaban J connectivity index is 1.29. The third kappa shape index (κ3) is 7.89. The molecule has 9 heteroatoms. The molecule has 220 valence electrons. The van der Waals surface area contributed by atoms with Crippen molar-refractivity contribution in [1.82, 2.24) is 4.90 Å². The number of allylic oxidation sites excluding steroid dienone is 1. The van der Waals surface area contributed by atoms with Crippen LogP contribution in [0.4, 0.5) is 0 Å². The molecule has 0 aromatic heterocycles. The first kappa shape index (κ1) is 30.1. The Labute approximate surface area is 242 Å². The molecule has 1 saturated heterocycles. The molecule has 0 spiro atoms. The minimum atomic E-state index is -0.523. The monoisotopic (exact) mass is 565 g/mol. The summed E-state index contributed by atoms with van der Waals surface area (Å²) < 4.78 is 23.2. The van der Waals surface area contributed by atoms with Gasteiger partial charge in [-0.1, -0.05) is 18.2 Å². The number of rotatable bonds is 11. The summed E-state index contributed by atoms with van der Waals surface area (Å²) in [4.78, 5) is 27.5. The first-order chi connectivity index (χ1) is 19.5. The van der Waals surface area contributed by atoms with Crippen LogP contribution in [-0.4, -0.2) is 99.0 Å². The molecule has 1 N–H and O–H groups in total. The highest BCUT2D eigenvalue weighted by Crippen LogP contribution is 2.43. The summed E-state index contributed by atoms with van der Waals surface area (Å²) in [5, 5.41) is 10.9. The molecule has 0 bridgehead atoms. The molecule has 1 fully saturated rings. The molecule has 2 aromatic rings. The average Bonchev–Trinajstić information content (AvgIpc) is 2.94. The van der Waals surface area contributed by atoms with Crippen LogP contribution in [0.3, 0.4) is 0 Å². The average molecular weight is 566 g/mol. The number of ether oxygens (including phenoxy) is 4. The Morgan fingerprint density at radius 2 is 1.85 bits per heavy atom. The first-order valence-corrected chi connectivity index (χ1v) is 13.9. The van der Waals surface area contributed by atoms with E-state index in [1.54, 1.807) is 18.2 Å². The van der Waals surface area contributed by atoms with Gasteiger partial charge in [-0.15, -0.1) is 0 Å². The molecule has 0 radical (unpaired) electrons. The van der Waals surface area contributed by atoms with Gasteiger partial charge >= 0.3 is 0 Å². The lowest BCUT2D eigenvalue weighted by atomic mass is 9.97. The second kappa shape index (κ2) is 12.8. The third-order valence-electron chi connectivity index (χ3n) is 7.17. The van der Waals surface area contributed by atoms with Crippen molar-refractivity contribution in [2.24, 2.45) is 0 Å². The van der Waals surface area contributed by atoms with Gasteiger partial charge in [0.15, 0.2) is 12.3 Å². The van der Waals surface area contributed by atoms with E-state index < -0.39 is 5.60 Å². The number of methoxy groups -OCH3 is 1. The Kier molecular flexibility index (Phi) is 9.40. The fraction of sp³-hybridized carbons (Fsp3) is 0.438. The van der Waals surface area contributed by atoms with Crippen molar-refractivity contribution in [3.8, 4) is 23.0 Å². The van der Waals surface area contributed by atoms with Crippen molar-refractivity contribution in [3.63, 3.8) is 0 Å². The number of ketones is 1. The van der Waals surface area contributed by atoms with Gasteiger partial charge in [0.25, 0.3) is 5.91 Å². The number of phenols is 1. The van der Waals surface area contributed by atoms with Crippen LogP contribution in [0.25, 0.3) is 12.2 Å². The number of carbonyl (C=O) groups is 2. The molecule has 0 saturated carbocycles. The number of likely N-dealkylation sites (N-methyl/N-ethyl adjacent to an activating group) is 1. The lowest BCUT2D eigenvalue weighted by molar-refractivity contribution is -0.882. The van der Waals surface area contributed by atoms with Gasteiger partial charge in [-0.25, -0.2) is 0 Å². The number of quaternary nitrogens is 1. The van der Waals surface area contributed by atoms with Gasteiger partial charge in [0.05, 0.1) is 53.1 Å². The van der Waals surface area contributed by atoms with E-state index in [0.717, 1.165) is 24.3 Å². The number of hydrogen-bond donors (Lipinski definition) is 1. The van der Waals surface area contributed by atoms with E-state index in [9.17, 15) is 14.7 Å². The number of nitrogens with zero attached hydrogens (tertiary/aromatic N) is 2. The van der Waals surface area contributed by atoms with Crippen LogP contribution in [0.1, 0.15) is 41.8 Å². The SMILES string of the molecule is COc1cc2c(c(O)c1C(=O)/C=C/c1ccc(OCCC[N+](C)(C)CC(=O)N3CCOCC3)cc1)C=CC(C)(C)O2. The summed E-state index contributed by atoms with van der Waals surface area (Å²) in [6, 6.07) is 9.07. The lowest BCUT2D eigenvalue weighted by Crippen LogP contribution is -2.51. The van der Waals surface area contributed by atoms with Crippen LogP contribution in [0.2, 0.25) is 0 Å². The summed E-state index contributed by atoms with van der Waals surface area (Å²) in [5.74, 6) is 1.05. The number of morpholine rings is 1. The molecule has 1 amide bonds. The predicted octanol–water partition coefficient (Wildman–Crippen LogP) is 4.19. The molecular weight excluding hydrogens is 524 g/mol. The summed E-state index contributed by atoms with van der Waals surface area (Å²) in [6.07, 6.45) is 7.50. The van der Waals surface area contributed by atoms with E-state index >= 15 is 0 Å². The minimum absolute atomic E-state index is 0.0865. The number of aromatic hydroxyl groups is 1. The highest BCUT2D eigenvalue weighted by atomic mass is 16.5. The largest absolute Gasteiger partial charge is 0.506 e. The van der Waals surface area contributed by atoms with Crippen molar-refractivity contribution < 1.29 is 38.1 Å². The van der Waals surface area contributed by atoms with Crippen LogP contribution >= 0.6 is 0 Å². The Morgan fingerprint density at radius 1 is 1.15 bits per heavy atom. The van der Waals surface area contributed by atoms with E-state index in [1.807, 2.05) is 49.1 Å². The number of carbonyl (C=O) groups excluding carboxylic acids is 2. The molecule has 2 aromatic carbocycles. The molecule has 2 heterocycles.